The molecule has 7 heteroatoms. The fraction of sp³-hybridized carbons (Fsp3) is 0.417. The van der Waals surface area contributed by atoms with E-state index in [4.69, 9.17) is 9.47 Å². The van der Waals surface area contributed by atoms with Crippen LogP contribution in [0.15, 0.2) is 48.5 Å². The van der Waals surface area contributed by atoms with Crippen LogP contribution in [0.2, 0.25) is 0 Å². The van der Waals surface area contributed by atoms with Crippen molar-refractivity contribution >= 4 is 23.2 Å². The predicted octanol–water partition coefficient (Wildman–Crippen LogP) is 2.95. The second-order valence-electron chi connectivity index (χ2n) is 7.52. The standard InChI is InChI=1S/C24H31N3O4/c1-3-31-22-11-4-19(5-12-22)6-13-24(29)26(2)18-23(28)25-20-7-9-21(10-8-20)27-14-16-30-17-15-27/h4-5,7-12H,3,6,13-18H2,1-2H3,(H,25,28). The normalized spacial score (nSPS) is 13.5. The number of nitrogens with one attached hydrogen (secondary N) is 1. The summed E-state index contributed by atoms with van der Waals surface area (Å²) in [5, 5.41) is 2.86. The van der Waals surface area contributed by atoms with Crippen LogP contribution in [0.1, 0.15) is 18.9 Å². The minimum Gasteiger partial charge on any atom is -0.494 e. The number of hydrogen-bond donors (Lipinski definition) is 1. The SMILES string of the molecule is CCOc1ccc(CCC(=O)N(C)CC(=O)Nc2ccc(N3CCOCC3)cc2)cc1. The highest BCUT2D eigenvalue weighted by molar-refractivity contribution is 5.94. The number of anilines is 2. The molecule has 0 aliphatic carbocycles. The zero-order chi connectivity index (χ0) is 22.1. The summed E-state index contributed by atoms with van der Waals surface area (Å²) < 4.78 is 10.8. The van der Waals surface area contributed by atoms with Crippen molar-refractivity contribution in [2.24, 2.45) is 0 Å². The summed E-state index contributed by atoms with van der Waals surface area (Å²) in [6.07, 6.45) is 0.978. The van der Waals surface area contributed by atoms with Gasteiger partial charge in [-0.15, -0.1) is 0 Å². The van der Waals surface area contributed by atoms with E-state index < -0.39 is 0 Å². The Kier molecular flexibility index (Phi) is 8.29. The highest BCUT2D eigenvalue weighted by Crippen LogP contribution is 2.19. The lowest BCUT2D eigenvalue weighted by Crippen LogP contribution is -2.36. The molecule has 0 radical (unpaired) electrons. The third-order valence-electron chi connectivity index (χ3n) is 5.20. The fourth-order valence-electron chi connectivity index (χ4n) is 3.44. The molecule has 0 aromatic heterocycles. The van der Waals surface area contributed by atoms with Gasteiger partial charge in [0.25, 0.3) is 0 Å². The molecule has 166 valence electrons. The summed E-state index contributed by atoms with van der Waals surface area (Å²) in [6, 6.07) is 15.5. The molecule has 0 unspecified atom stereocenters. The van der Waals surface area contributed by atoms with Crippen molar-refractivity contribution in [3.05, 3.63) is 54.1 Å². The second-order valence-corrected chi connectivity index (χ2v) is 7.52. The van der Waals surface area contributed by atoms with Crippen LogP contribution in [0.3, 0.4) is 0 Å². The monoisotopic (exact) mass is 425 g/mol. The summed E-state index contributed by atoms with van der Waals surface area (Å²) in [5.74, 6) is 0.548. The molecule has 2 aromatic carbocycles. The van der Waals surface area contributed by atoms with E-state index in [9.17, 15) is 9.59 Å². The topological polar surface area (TPSA) is 71.1 Å². The molecule has 2 amide bonds. The quantitative estimate of drug-likeness (QED) is 0.669. The van der Waals surface area contributed by atoms with Crippen molar-refractivity contribution < 1.29 is 19.1 Å². The molecule has 1 aliphatic heterocycles. The number of likely N-dealkylation sites (N-methyl/N-ethyl adjacent to an activating group) is 1. The number of amides is 2. The Morgan fingerprint density at radius 2 is 1.74 bits per heavy atom. The maximum atomic E-state index is 12.4. The minimum atomic E-state index is -0.212. The summed E-state index contributed by atoms with van der Waals surface area (Å²) in [6.45, 7) is 5.80. The summed E-state index contributed by atoms with van der Waals surface area (Å²) >= 11 is 0. The molecule has 0 bridgehead atoms. The zero-order valence-corrected chi connectivity index (χ0v) is 18.3. The molecule has 0 saturated carbocycles. The van der Waals surface area contributed by atoms with Crippen molar-refractivity contribution in [3.8, 4) is 5.75 Å². The van der Waals surface area contributed by atoms with Gasteiger partial charge < -0.3 is 24.6 Å². The Hall–Kier alpha value is -3.06. The molecular weight excluding hydrogens is 394 g/mol. The number of nitrogens with zero attached hydrogens (tertiary/aromatic N) is 2. The number of hydrogen-bond acceptors (Lipinski definition) is 5. The summed E-state index contributed by atoms with van der Waals surface area (Å²) in [7, 11) is 1.65. The van der Waals surface area contributed by atoms with Crippen LogP contribution in [-0.4, -0.2) is 63.2 Å². The van der Waals surface area contributed by atoms with E-state index in [-0.39, 0.29) is 18.4 Å². The highest BCUT2D eigenvalue weighted by Gasteiger charge is 2.14. The van der Waals surface area contributed by atoms with Crippen LogP contribution in [0.5, 0.6) is 5.75 Å². The van der Waals surface area contributed by atoms with E-state index in [1.165, 1.54) is 4.90 Å². The van der Waals surface area contributed by atoms with Gasteiger partial charge in [-0.05, 0) is 55.3 Å². The fourth-order valence-corrected chi connectivity index (χ4v) is 3.44. The Morgan fingerprint density at radius 1 is 1.06 bits per heavy atom. The number of rotatable bonds is 9. The molecule has 7 nitrogen and oxygen atoms in total. The molecule has 0 atom stereocenters. The molecule has 1 N–H and O–H groups in total. The van der Waals surface area contributed by atoms with Gasteiger partial charge in [0.15, 0.2) is 0 Å². The number of benzene rings is 2. The Morgan fingerprint density at radius 3 is 2.39 bits per heavy atom. The van der Waals surface area contributed by atoms with Gasteiger partial charge in [-0.1, -0.05) is 12.1 Å². The number of morpholine rings is 1. The highest BCUT2D eigenvalue weighted by atomic mass is 16.5. The maximum Gasteiger partial charge on any atom is 0.243 e. The first-order valence-electron chi connectivity index (χ1n) is 10.7. The molecule has 2 aromatic rings. The maximum absolute atomic E-state index is 12.4. The van der Waals surface area contributed by atoms with Crippen molar-refractivity contribution in [3.63, 3.8) is 0 Å². The molecule has 31 heavy (non-hydrogen) atoms. The van der Waals surface area contributed by atoms with E-state index >= 15 is 0 Å². The Balaban J connectivity index is 1.42. The van der Waals surface area contributed by atoms with Crippen LogP contribution in [-0.2, 0) is 20.7 Å². The molecule has 3 rings (SSSR count). The zero-order valence-electron chi connectivity index (χ0n) is 18.3. The van der Waals surface area contributed by atoms with Gasteiger partial charge in [0.1, 0.15) is 5.75 Å². The van der Waals surface area contributed by atoms with Crippen LogP contribution in [0.25, 0.3) is 0 Å². The van der Waals surface area contributed by atoms with Gasteiger partial charge in [0, 0.05) is 37.9 Å². The van der Waals surface area contributed by atoms with Gasteiger partial charge in [0.05, 0.1) is 26.4 Å². The lowest BCUT2D eigenvalue weighted by atomic mass is 10.1. The first kappa shape index (κ1) is 22.6. The molecule has 1 heterocycles. The number of ether oxygens (including phenoxy) is 2. The van der Waals surface area contributed by atoms with Gasteiger partial charge in [0.2, 0.25) is 11.8 Å². The van der Waals surface area contributed by atoms with Crippen LogP contribution < -0.4 is 15.0 Å². The predicted molar refractivity (Wildman–Crippen MR) is 122 cm³/mol. The summed E-state index contributed by atoms with van der Waals surface area (Å²) in [5.41, 5.74) is 2.90. The number of carbonyl (C=O) groups is 2. The average molecular weight is 426 g/mol. The van der Waals surface area contributed by atoms with E-state index in [1.54, 1.807) is 7.05 Å². The van der Waals surface area contributed by atoms with E-state index in [0.717, 1.165) is 49.0 Å². The molecule has 1 aliphatic rings. The van der Waals surface area contributed by atoms with Crippen LogP contribution >= 0.6 is 0 Å². The first-order valence-corrected chi connectivity index (χ1v) is 10.7. The molecule has 1 saturated heterocycles. The second kappa shape index (κ2) is 11.4. The van der Waals surface area contributed by atoms with Crippen molar-refractivity contribution in [2.75, 3.05) is 56.7 Å². The van der Waals surface area contributed by atoms with E-state index in [2.05, 4.69) is 10.2 Å². The number of carbonyl (C=O) groups excluding carboxylic acids is 2. The van der Waals surface area contributed by atoms with Crippen molar-refractivity contribution in [1.82, 2.24) is 4.90 Å². The lowest BCUT2D eigenvalue weighted by molar-refractivity contribution is -0.133. The largest absolute Gasteiger partial charge is 0.494 e. The smallest absolute Gasteiger partial charge is 0.243 e. The lowest BCUT2D eigenvalue weighted by Gasteiger charge is -2.28. The summed E-state index contributed by atoms with van der Waals surface area (Å²) in [4.78, 5) is 28.5. The van der Waals surface area contributed by atoms with Gasteiger partial charge in [-0.2, -0.15) is 0 Å². The van der Waals surface area contributed by atoms with Crippen LogP contribution in [0.4, 0.5) is 11.4 Å². The molecule has 0 spiro atoms. The van der Waals surface area contributed by atoms with Gasteiger partial charge >= 0.3 is 0 Å². The van der Waals surface area contributed by atoms with Crippen molar-refractivity contribution in [2.45, 2.75) is 19.8 Å². The van der Waals surface area contributed by atoms with E-state index in [1.807, 2.05) is 55.5 Å². The Bertz CT molecular complexity index is 846. The first-order chi connectivity index (χ1) is 15.0. The van der Waals surface area contributed by atoms with Crippen molar-refractivity contribution in [1.29, 1.82) is 0 Å². The van der Waals surface area contributed by atoms with E-state index in [0.29, 0.717) is 19.4 Å². The average Bonchev–Trinajstić information content (AvgIpc) is 2.79. The molecular formula is C24H31N3O4. The van der Waals surface area contributed by atoms with Crippen LogP contribution in [0, 0.1) is 0 Å². The minimum absolute atomic E-state index is 0.0212. The molecule has 1 fully saturated rings. The van der Waals surface area contributed by atoms with Gasteiger partial charge in [-0.3, -0.25) is 9.59 Å². The van der Waals surface area contributed by atoms with Gasteiger partial charge in [-0.25, -0.2) is 0 Å². The Labute approximate surface area is 183 Å². The number of aryl methyl sites for hydroxylation is 1. The third-order valence-corrected chi connectivity index (χ3v) is 5.20. The third kappa shape index (κ3) is 7.00.